The minimum Gasteiger partial charge on any atom is -0.724 e. The standard InChI is InChI=1S/C12H13N3O6S/c1-13-6-8(2-3-11(13)16)9-4-5-14-7-10(9)15(12(14)17)21-22(18,19)20/h2-4,6,10H,5,7H2,1H3,(H,18,19,20)/p-1. The molecule has 2 bridgehead atoms. The molecule has 22 heavy (non-hydrogen) atoms. The summed E-state index contributed by atoms with van der Waals surface area (Å²) in [6, 6.07) is 1.55. The van der Waals surface area contributed by atoms with Gasteiger partial charge >= 0.3 is 6.03 Å². The Morgan fingerprint density at radius 1 is 1.32 bits per heavy atom. The van der Waals surface area contributed by atoms with Gasteiger partial charge in [0, 0.05) is 25.9 Å². The van der Waals surface area contributed by atoms with Gasteiger partial charge in [0.2, 0.25) is 16.0 Å². The maximum Gasteiger partial charge on any atom is 0.346 e. The highest BCUT2D eigenvalue weighted by Gasteiger charge is 2.44. The van der Waals surface area contributed by atoms with Crippen LogP contribution < -0.4 is 5.56 Å². The summed E-state index contributed by atoms with van der Waals surface area (Å²) >= 11 is 0. The molecule has 9 nitrogen and oxygen atoms in total. The molecule has 2 aliphatic heterocycles. The quantitative estimate of drug-likeness (QED) is 0.535. The van der Waals surface area contributed by atoms with E-state index in [2.05, 4.69) is 4.28 Å². The van der Waals surface area contributed by atoms with Gasteiger partial charge in [-0.2, -0.15) is 9.35 Å². The SMILES string of the molecule is Cn1cc(C2=CCN3CC2N(OS(=O)(=O)[O-])C3=O)ccc1=O. The predicted octanol–water partition coefficient (Wildman–Crippen LogP) is -0.720. The Labute approximate surface area is 125 Å². The Hall–Kier alpha value is -2.17. The van der Waals surface area contributed by atoms with Crippen LogP contribution in [0.5, 0.6) is 0 Å². The molecule has 1 aromatic rings. The molecule has 2 aliphatic rings. The molecule has 0 aromatic carbocycles. The zero-order chi connectivity index (χ0) is 16.1. The van der Waals surface area contributed by atoms with Crippen molar-refractivity contribution in [2.24, 2.45) is 7.05 Å². The summed E-state index contributed by atoms with van der Waals surface area (Å²) < 4.78 is 38.1. The van der Waals surface area contributed by atoms with Crippen molar-refractivity contribution >= 4 is 22.0 Å². The van der Waals surface area contributed by atoms with Gasteiger partial charge in [-0.3, -0.25) is 4.79 Å². The Morgan fingerprint density at radius 2 is 2.05 bits per heavy atom. The zero-order valence-electron chi connectivity index (χ0n) is 11.5. The largest absolute Gasteiger partial charge is 0.724 e. The minimum atomic E-state index is -5.05. The van der Waals surface area contributed by atoms with Crippen LogP contribution in [0.4, 0.5) is 4.79 Å². The van der Waals surface area contributed by atoms with E-state index in [-0.39, 0.29) is 18.6 Å². The maximum atomic E-state index is 12.0. The van der Waals surface area contributed by atoms with Gasteiger partial charge in [-0.1, -0.05) is 6.08 Å². The molecule has 1 saturated heterocycles. The Bertz CT molecular complexity index is 828. The van der Waals surface area contributed by atoms with Crippen LogP contribution in [0.2, 0.25) is 0 Å². The Balaban J connectivity index is 1.99. The number of hydrogen-bond acceptors (Lipinski definition) is 6. The predicted molar refractivity (Wildman–Crippen MR) is 73.0 cm³/mol. The number of rotatable bonds is 3. The molecular weight excluding hydrogens is 314 g/mol. The lowest BCUT2D eigenvalue weighted by molar-refractivity contribution is -0.0171. The highest BCUT2D eigenvalue weighted by Crippen LogP contribution is 2.32. The van der Waals surface area contributed by atoms with Crippen molar-refractivity contribution in [3.8, 4) is 0 Å². The Kier molecular flexibility index (Phi) is 3.31. The van der Waals surface area contributed by atoms with Gasteiger partial charge in [0.1, 0.15) is 6.04 Å². The van der Waals surface area contributed by atoms with Gasteiger partial charge in [0.05, 0.1) is 6.54 Å². The highest BCUT2D eigenvalue weighted by atomic mass is 32.3. The first-order valence-corrected chi connectivity index (χ1v) is 7.70. The highest BCUT2D eigenvalue weighted by molar-refractivity contribution is 7.80. The van der Waals surface area contributed by atoms with Gasteiger partial charge in [0.25, 0.3) is 0 Å². The van der Waals surface area contributed by atoms with Crippen LogP contribution in [0.15, 0.2) is 29.2 Å². The molecule has 3 heterocycles. The number of fused-ring (bicyclic) bond motifs is 2. The van der Waals surface area contributed by atoms with Crippen molar-refractivity contribution in [2.45, 2.75) is 6.04 Å². The van der Waals surface area contributed by atoms with Crippen LogP contribution in [0.1, 0.15) is 5.56 Å². The minimum absolute atomic E-state index is 0.195. The fourth-order valence-corrected chi connectivity index (χ4v) is 2.98. The van der Waals surface area contributed by atoms with E-state index in [1.165, 1.54) is 15.5 Å². The normalized spacial score (nSPS) is 21.3. The van der Waals surface area contributed by atoms with Gasteiger partial charge < -0.3 is 14.0 Å². The second-order valence-corrected chi connectivity index (χ2v) is 6.00. The number of amides is 2. The summed E-state index contributed by atoms with van der Waals surface area (Å²) in [6.07, 6.45) is 3.32. The third-order valence-corrected chi connectivity index (χ3v) is 3.96. The van der Waals surface area contributed by atoms with Gasteiger partial charge in [-0.25, -0.2) is 13.2 Å². The summed E-state index contributed by atoms with van der Waals surface area (Å²) in [6.45, 7) is 0.481. The molecule has 0 saturated carbocycles. The molecule has 118 valence electrons. The van der Waals surface area contributed by atoms with Crippen molar-refractivity contribution in [3.63, 3.8) is 0 Å². The molecule has 0 N–H and O–H groups in total. The molecule has 1 atom stereocenters. The van der Waals surface area contributed by atoms with Gasteiger partial charge in [-0.05, 0) is 17.2 Å². The van der Waals surface area contributed by atoms with Crippen molar-refractivity contribution in [3.05, 3.63) is 40.3 Å². The molecule has 3 rings (SSSR count). The number of carbonyl (C=O) groups excluding carboxylic acids is 1. The van der Waals surface area contributed by atoms with Crippen LogP contribution in [0, 0.1) is 0 Å². The van der Waals surface area contributed by atoms with E-state index >= 15 is 0 Å². The van der Waals surface area contributed by atoms with Crippen molar-refractivity contribution in [1.29, 1.82) is 0 Å². The summed E-state index contributed by atoms with van der Waals surface area (Å²) in [5.74, 6) is 0. The fourth-order valence-electron chi connectivity index (χ4n) is 2.61. The van der Waals surface area contributed by atoms with E-state index in [0.29, 0.717) is 16.2 Å². The molecule has 0 aliphatic carbocycles. The molecular formula is C12H12N3O6S-. The lowest BCUT2D eigenvalue weighted by Crippen LogP contribution is -2.36. The van der Waals surface area contributed by atoms with E-state index in [1.54, 1.807) is 25.4 Å². The van der Waals surface area contributed by atoms with E-state index in [9.17, 15) is 22.6 Å². The number of pyridine rings is 1. The Morgan fingerprint density at radius 3 is 2.68 bits per heavy atom. The fraction of sp³-hybridized carbons (Fsp3) is 0.333. The number of hydroxylamine groups is 2. The van der Waals surface area contributed by atoms with Crippen molar-refractivity contribution in [1.82, 2.24) is 14.5 Å². The average molecular weight is 326 g/mol. The number of hydrogen-bond donors (Lipinski definition) is 0. The maximum absolute atomic E-state index is 12.0. The first kappa shape index (κ1) is 14.8. The molecule has 1 fully saturated rings. The number of urea groups is 1. The zero-order valence-corrected chi connectivity index (χ0v) is 12.3. The van der Waals surface area contributed by atoms with Crippen LogP contribution in [-0.4, -0.2) is 52.7 Å². The number of carbonyl (C=O) groups is 1. The van der Waals surface area contributed by atoms with Crippen LogP contribution >= 0.6 is 0 Å². The first-order valence-electron chi connectivity index (χ1n) is 6.37. The summed E-state index contributed by atoms with van der Waals surface area (Å²) in [4.78, 5) is 24.8. The summed E-state index contributed by atoms with van der Waals surface area (Å²) in [5.41, 5.74) is 1.08. The molecule has 2 amide bonds. The van der Waals surface area contributed by atoms with E-state index in [0.717, 1.165) is 0 Å². The average Bonchev–Trinajstić information content (AvgIpc) is 2.66. The summed E-state index contributed by atoms with van der Waals surface area (Å²) in [5, 5.41) is 0.576. The van der Waals surface area contributed by atoms with Gasteiger partial charge in [-0.15, -0.1) is 0 Å². The monoisotopic (exact) mass is 326 g/mol. The number of aromatic nitrogens is 1. The van der Waals surface area contributed by atoms with Crippen molar-refractivity contribution in [2.75, 3.05) is 13.1 Å². The van der Waals surface area contributed by atoms with Crippen molar-refractivity contribution < 1.29 is 22.0 Å². The van der Waals surface area contributed by atoms with Crippen LogP contribution in [0.3, 0.4) is 0 Å². The molecule has 1 aromatic heterocycles. The van der Waals surface area contributed by atoms with E-state index in [1.807, 2.05) is 0 Å². The second kappa shape index (κ2) is 4.93. The van der Waals surface area contributed by atoms with Crippen LogP contribution in [0.25, 0.3) is 5.57 Å². The lowest BCUT2D eigenvalue weighted by atomic mass is 9.97. The molecule has 1 unspecified atom stereocenters. The van der Waals surface area contributed by atoms with Crippen LogP contribution in [-0.2, 0) is 21.7 Å². The van der Waals surface area contributed by atoms with E-state index < -0.39 is 22.5 Å². The van der Waals surface area contributed by atoms with E-state index in [4.69, 9.17) is 0 Å². The summed E-state index contributed by atoms with van der Waals surface area (Å²) in [7, 11) is -3.47. The first-order chi connectivity index (χ1) is 10.3. The second-order valence-electron chi connectivity index (χ2n) is 5.04. The molecule has 10 heteroatoms. The number of nitrogens with zero attached hydrogens (tertiary/aromatic N) is 3. The number of aryl methyl sites for hydroxylation is 1. The lowest BCUT2D eigenvalue weighted by Gasteiger charge is -2.25. The molecule has 0 radical (unpaired) electrons. The smallest absolute Gasteiger partial charge is 0.346 e. The molecule has 0 spiro atoms. The third-order valence-electron chi connectivity index (χ3n) is 3.62. The topological polar surface area (TPSA) is 112 Å². The third kappa shape index (κ3) is 2.51. The van der Waals surface area contributed by atoms with Gasteiger partial charge in [0.15, 0.2) is 0 Å².